The maximum atomic E-state index is 10.2. The molecule has 2 aliphatic carbocycles. The van der Waals surface area contributed by atoms with Gasteiger partial charge in [-0.05, 0) is 61.1 Å². The molecule has 1 heterocycles. The third-order valence-corrected chi connectivity index (χ3v) is 4.50. The zero-order valence-corrected chi connectivity index (χ0v) is 9.55. The van der Waals surface area contributed by atoms with E-state index in [-0.39, 0.29) is 6.10 Å². The number of hydrogen-bond acceptors (Lipinski definition) is 2. The SMILES string of the molecule is OC(CC1CC2CCC1C2)c1ccncc1. The summed E-state index contributed by atoms with van der Waals surface area (Å²) in [5.74, 6) is 2.64. The highest BCUT2D eigenvalue weighted by Crippen LogP contribution is 2.50. The second kappa shape index (κ2) is 4.17. The van der Waals surface area contributed by atoms with Gasteiger partial charge in [0.2, 0.25) is 0 Å². The highest BCUT2D eigenvalue weighted by molar-refractivity contribution is 5.13. The Labute approximate surface area is 96.7 Å². The van der Waals surface area contributed by atoms with Gasteiger partial charge in [-0.25, -0.2) is 0 Å². The van der Waals surface area contributed by atoms with E-state index in [4.69, 9.17) is 0 Å². The van der Waals surface area contributed by atoms with Gasteiger partial charge in [-0.15, -0.1) is 0 Å². The second-order valence-corrected chi connectivity index (χ2v) is 5.47. The largest absolute Gasteiger partial charge is 0.388 e. The minimum atomic E-state index is -0.285. The number of pyridine rings is 1. The average Bonchev–Trinajstić information content (AvgIpc) is 2.92. The molecule has 2 fully saturated rings. The summed E-state index contributed by atoms with van der Waals surface area (Å²) < 4.78 is 0. The van der Waals surface area contributed by atoms with Gasteiger partial charge in [0.25, 0.3) is 0 Å². The van der Waals surface area contributed by atoms with Crippen LogP contribution in [-0.2, 0) is 0 Å². The predicted octanol–water partition coefficient (Wildman–Crippen LogP) is 2.94. The first kappa shape index (κ1) is 10.3. The van der Waals surface area contributed by atoms with E-state index >= 15 is 0 Å². The van der Waals surface area contributed by atoms with E-state index in [1.54, 1.807) is 12.4 Å². The summed E-state index contributed by atoms with van der Waals surface area (Å²) in [5.41, 5.74) is 1.03. The van der Waals surface area contributed by atoms with Crippen LogP contribution in [0.2, 0.25) is 0 Å². The van der Waals surface area contributed by atoms with Crippen LogP contribution in [0.25, 0.3) is 0 Å². The van der Waals surface area contributed by atoms with Gasteiger partial charge in [0, 0.05) is 12.4 Å². The van der Waals surface area contributed by atoms with Gasteiger partial charge in [-0.1, -0.05) is 6.42 Å². The molecule has 2 saturated carbocycles. The topological polar surface area (TPSA) is 33.1 Å². The normalized spacial score (nSPS) is 34.2. The van der Waals surface area contributed by atoms with Crippen LogP contribution in [0.3, 0.4) is 0 Å². The minimum absolute atomic E-state index is 0.285. The van der Waals surface area contributed by atoms with Gasteiger partial charge in [0.15, 0.2) is 0 Å². The molecule has 1 aromatic rings. The number of rotatable bonds is 3. The van der Waals surface area contributed by atoms with E-state index in [1.807, 2.05) is 12.1 Å². The molecule has 4 unspecified atom stereocenters. The smallest absolute Gasteiger partial charge is 0.0793 e. The summed E-state index contributed by atoms with van der Waals surface area (Å²) in [6, 6.07) is 3.86. The Bertz CT molecular complexity index is 351. The first-order chi connectivity index (χ1) is 7.83. The first-order valence-electron chi connectivity index (χ1n) is 6.41. The van der Waals surface area contributed by atoms with Crippen LogP contribution in [0.1, 0.15) is 43.8 Å². The molecule has 86 valence electrons. The van der Waals surface area contributed by atoms with Crippen molar-refractivity contribution in [3.63, 3.8) is 0 Å². The van der Waals surface area contributed by atoms with Crippen molar-refractivity contribution in [2.75, 3.05) is 0 Å². The third kappa shape index (κ3) is 1.86. The van der Waals surface area contributed by atoms with Crippen LogP contribution in [0.4, 0.5) is 0 Å². The van der Waals surface area contributed by atoms with Crippen LogP contribution in [-0.4, -0.2) is 10.1 Å². The van der Waals surface area contributed by atoms with Crippen molar-refractivity contribution in [3.05, 3.63) is 30.1 Å². The molecule has 0 radical (unpaired) electrons. The molecule has 0 saturated heterocycles. The average molecular weight is 217 g/mol. The molecule has 3 rings (SSSR count). The highest BCUT2D eigenvalue weighted by atomic mass is 16.3. The molecule has 2 bridgehead atoms. The molecule has 16 heavy (non-hydrogen) atoms. The first-order valence-corrected chi connectivity index (χ1v) is 6.41. The maximum Gasteiger partial charge on any atom is 0.0793 e. The molecular formula is C14H19NO. The molecule has 2 heteroatoms. The van der Waals surface area contributed by atoms with Gasteiger partial charge in [0.05, 0.1) is 6.10 Å². The second-order valence-electron chi connectivity index (χ2n) is 5.47. The molecule has 2 aliphatic rings. The van der Waals surface area contributed by atoms with E-state index in [1.165, 1.54) is 25.7 Å². The lowest BCUT2D eigenvalue weighted by molar-refractivity contribution is 0.125. The van der Waals surface area contributed by atoms with Crippen molar-refractivity contribution in [3.8, 4) is 0 Å². The Morgan fingerprint density at radius 3 is 2.69 bits per heavy atom. The van der Waals surface area contributed by atoms with E-state index in [0.29, 0.717) is 0 Å². The predicted molar refractivity (Wildman–Crippen MR) is 62.8 cm³/mol. The van der Waals surface area contributed by atoms with Crippen molar-refractivity contribution >= 4 is 0 Å². The Kier molecular flexibility index (Phi) is 2.68. The van der Waals surface area contributed by atoms with Crippen LogP contribution in [0, 0.1) is 17.8 Å². The molecule has 2 nitrogen and oxygen atoms in total. The lowest BCUT2D eigenvalue weighted by Crippen LogP contribution is -2.14. The monoisotopic (exact) mass is 217 g/mol. The summed E-state index contributed by atoms with van der Waals surface area (Å²) in [7, 11) is 0. The number of aliphatic hydroxyl groups is 1. The Hall–Kier alpha value is -0.890. The number of aromatic nitrogens is 1. The van der Waals surface area contributed by atoms with E-state index in [0.717, 1.165) is 29.7 Å². The fraction of sp³-hybridized carbons (Fsp3) is 0.643. The fourth-order valence-electron chi connectivity index (χ4n) is 3.67. The van der Waals surface area contributed by atoms with Gasteiger partial charge < -0.3 is 5.11 Å². The van der Waals surface area contributed by atoms with Gasteiger partial charge in [-0.2, -0.15) is 0 Å². The molecule has 0 aliphatic heterocycles. The van der Waals surface area contributed by atoms with Gasteiger partial charge >= 0.3 is 0 Å². The number of hydrogen-bond donors (Lipinski definition) is 1. The van der Waals surface area contributed by atoms with Crippen molar-refractivity contribution in [2.24, 2.45) is 17.8 Å². The summed E-state index contributed by atoms with van der Waals surface area (Å²) in [5, 5.41) is 10.2. The molecule has 1 N–H and O–H groups in total. The molecular weight excluding hydrogens is 198 g/mol. The van der Waals surface area contributed by atoms with Crippen LogP contribution in [0.15, 0.2) is 24.5 Å². The highest BCUT2D eigenvalue weighted by Gasteiger charge is 2.39. The fourth-order valence-corrected chi connectivity index (χ4v) is 3.67. The van der Waals surface area contributed by atoms with Crippen molar-refractivity contribution in [2.45, 2.75) is 38.2 Å². The molecule has 4 atom stereocenters. The third-order valence-electron chi connectivity index (χ3n) is 4.50. The zero-order valence-electron chi connectivity index (χ0n) is 9.55. The summed E-state index contributed by atoms with van der Waals surface area (Å²) in [6.07, 6.45) is 9.81. The number of fused-ring (bicyclic) bond motifs is 2. The van der Waals surface area contributed by atoms with Crippen LogP contribution < -0.4 is 0 Å². The molecule has 1 aromatic heterocycles. The van der Waals surface area contributed by atoms with Crippen molar-refractivity contribution in [1.82, 2.24) is 4.98 Å². The quantitative estimate of drug-likeness (QED) is 0.844. The molecule has 0 amide bonds. The minimum Gasteiger partial charge on any atom is -0.388 e. The number of nitrogens with zero attached hydrogens (tertiary/aromatic N) is 1. The zero-order chi connectivity index (χ0) is 11.0. The summed E-state index contributed by atoms with van der Waals surface area (Å²) >= 11 is 0. The lowest BCUT2D eigenvalue weighted by Gasteiger charge is -2.24. The van der Waals surface area contributed by atoms with Crippen molar-refractivity contribution < 1.29 is 5.11 Å². The van der Waals surface area contributed by atoms with Crippen LogP contribution >= 0.6 is 0 Å². The van der Waals surface area contributed by atoms with E-state index in [2.05, 4.69) is 4.98 Å². The maximum absolute atomic E-state index is 10.2. The van der Waals surface area contributed by atoms with Crippen LogP contribution in [0.5, 0.6) is 0 Å². The Balaban J connectivity index is 1.63. The lowest BCUT2D eigenvalue weighted by atomic mass is 9.84. The van der Waals surface area contributed by atoms with E-state index < -0.39 is 0 Å². The van der Waals surface area contributed by atoms with Crippen molar-refractivity contribution in [1.29, 1.82) is 0 Å². The summed E-state index contributed by atoms with van der Waals surface area (Å²) in [6.45, 7) is 0. The van der Waals surface area contributed by atoms with E-state index in [9.17, 15) is 5.11 Å². The molecule has 0 spiro atoms. The Morgan fingerprint density at radius 1 is 1.25 bits per heavy atom. The van der Waals surface area contributed by atoms with Gasteiger partial charge in [-0.3, -0.25) is 4.98 Å². The number of aliphatic hydroxyl groups excluding tert-OH is 1. The standard InChI is InChI=1S/C14H19NO/c16-14(11-3-5-15-6-4-11)9-13-8-10-1-2-12(13)7-10/h3-6,10,12-14,16H,1-2,7-9H2. The summed E-state index contributed by atoms with van der Waals surface area (Å²) in [4.78, 5) is 3.99. The molecule has 0 aromatic carbocycles. The Morgan fingerprint density at radius 2 is 2.06 bits per heavy atom. The van der Waals surface area contributed by atoms with Gasteiger partial charge in [0.1, 0.15) is 0 Å².